The van der Waals surface area contributed by atoms with E-state index in [1.807, 2.05) is 6.92 Å². The third-order valence-electron chi connectivity index (χ3n) is 0.942. The summed E-state index contributed by atoms with van der Waals surface area (Å²) in [7, 11) is 0. The van der Waals surface area contributed by atoms with Gasteiger partial charge < -0.3 is 5.73 Å². The van der Waals surface area contributed by atoms with Crippen LogP contribution < -0.4 is 5.73 Å². The molecular weight excluding hydrogens is 200 g/mol. The van der Waals surface area contributed by atoms with Crippen molar-refractivity contribution in [3.63, 3.8) is 0 Å². The summed E-state index contributed by atoms with van der Waals surface area (Å²) in [5.74, 6) is 0. The average molecular weight is 207 g/mol. The van der Waals surface area contributed by atoms with Crippen molar-refractivity contribution in [2.45, 2.75) is 13.5 Å². The summed E-state index contributed by atoms with van der Waals surface area (Å²) in [5.41, 5.74) is 5.40. The Kier molecular flexibility index (Phi) is 2.21. The van der Waals surface area contributed by atoms with Crippen molar-refractivity contribution < 1.29 is 0 Å². The summed E-state index contributed by atoms with van der Waals surface area (Å²) in [6, 6.07) is 0. The topological polar surface area (TPSA) is 38.9 Å². The zero-order valence-corrected chi connectivity index (χ0v) is 7.42. The number of nitrogens with two attached hydrogens (primary N) is 1. The Morgan fingerprint density at radius 1 is 1.78 bits per heavy atom. The van der Waals surface area contributed by atoms with Crippen molar-refractivity contribution in [2.24, 2.45) is 5.73 Å². The van der Waals surface area contributed by atoms with Gasteiger partial charge in [-0.2, -0.15) is 0 Å². The quantitative estimate of drug-likeness (QED) is 0.760. The number of halogens is 1. The summed E-state index contributed by atoms with van der Waals surface area (Å²) >= 11 is 4.93. The van der Waals surface area contributed by atoms with E-state index in [2.05, 4.69) is 20.9 Å². The van der Waals surface area contributed by atoms with Crippen LogP contribution in [0, 0.1) is 6.92 Å². The number of nitrogens with zero attached hydrogens (tertiary/aromatic N) is 1. The molecule has 0 aliphatic carbocycles. The van der Waals surface area contributed by atoms with Crippen LogP contribution in [0.25, 0.3) is 0 Å². The third-order valence-corrected chi connectivity index (χ3v) is 2.85. The Labute approximate surface area is 66.2 Å². The van der Waals surface area contributed by atoms with E-state index >= 15 is 0 Å². The number of aryl methyl sites for hydroxylation is 1. The first-order chi connectivity index (χ1) is 4.24. The molecule has 0 saturated carbocycles. The molecule has 9 heavy (non-hydrogen) atoms. The lowest BCUT2D eigenvalue weighted by Crippen LogP contribution is -1.92. The smallest absolute Gasteiger partial charge is 0.121 e. The first-order valence-electron chi connectivity index (χ1n) is 2.56. The molecule has 1 aromatic heterocycles. The standard InChI is InChI=1S/C5H7BrN2S/c1-3-8-5(6)4(2-7)9-3/h2,7H2,1H3. The number of aromatic nitrogens is 1. The highest BCUT2D eigenvalue weighted by Gasteiger charge is 2.01. The van der Waals surface area contributed by atoms with E-state index < -0.39 is 0 Å². The van der Waals surface area contributed by atoms with E-state index in [4.69, 9.17) is 5.73 Å². The lowest BCUT2D eigenvalue weighted by Gasteiger charge is -1.84. The predicted octanol–water partition coefficient (Wildman–Crippen LogP) is 1.67. The van der Waals surface area contributed by atoms with Gasteiger partial charge in [-0.05, 0) is 22.9 Å². The minimum absolute atomic E-state index is 0.575. The van der Waals surface area contributed by atoms with Crippen molar-refractivity contribution in [1.82, 2.24) is 4.98 Å². The van der Waals surface area contributed by atoms with Gasteiger partial charge >= 0.3 is 0 Å². The second kappa shape index (κ2) is 2.77. The minimum atomic E-state index is 0.575. The fraction of sp³-hybridized carbons (Fsp3) is 0.400. The summed E-state index contributed by atoms with van der Waals surface area (Å²) in [6.45, 7) is 2.54. The van der Waals surface area contributed by atoms with Gasteiger partial charge in [0.1, 0.15) is 4.60 Å². The molecule has 2 N–H and O–H groups in total. The fourth-order valence-corrected chi connectivity index (χ4v) is 2.06. The van der Waals surface area contributed by atoms with Gasteiger partial charge in [0.25, 0.3) is 0 Å². The molecule has 1 aromatic rings. The van der Waals surface area contributed by atoms with Gasteiger partial charge in [-0.25, -0.2) is 4.98 Å². The Balaban J connectivity index is 3.01. The van der Waals surface area contributed by atoms with E-state index in [1.165, 1.54) is 0 Å². The van der Waals surface area contributed by atoms with Crippen LogP contribution in [-0.2, 0) is 6.54 Å². The van der Waals surface area contributed by atoms with Crippen LogP contribution in [0.3, 0.4) is 0 Å². The van der Waals surface area contributed by atoms with E-state index in [0.29, 0.717) is 6.54 Å². The van der Waals surface area contributed by atoms with Crippen LogP contribution in [0.1, 0.15) is 9.88 Å². The Morgan fingerprint density at radius 3 is 2.67 bits per heavy atom. The molecule has 0 amide bonds. The van der Waals surface area contributed by atoms with Gasteiger partial charge in [-0.15, -0.1) is 11.3 Å². The van der Waals surface area contributed by atoms with Gasteiger partial charge in [0.15, 0.2) is 0 Å². The summed E-state index contributed by atoms with van der Waals surface area (Å²) in [5, 5.41) is 1.06. The zero-order valence-electron chi connectivity index (χ0n) is 5.02. The van der Waals surface area contributed by atoms with Crippen molar-refractivity contribution in [3.05, 3.63) is 14.5 Å². The molecule has 4 heteroatoms. The summed E-state index contributed by atoms with van der Waals surface area (Å²) in [6.07, 6.45) is 0. The first kappa shape index (κ1) is 7.18. The Hall–Kier alpha value is 0.0700. The largest absolute Gasteiger partial charge is 0.326 e. The summed E-state index contributed by atoms with van der Waals surface area (Å²) in [4.78, 5) is 5.26. The van der Waals surface area contributed by atoms with Crippen LogP contribution in [0.2, 0.25) is 0 Å². The lowest BCUT2D eigenvalue weighted by atomic mass is 10.6. The van der Waals surface area contributed by atoms with E-state index in [0.717, 1.165) is 14.5 Å². The number of thiazole rings is 1. The van der Waals surface area contributed by atoms with Crippen LogP contribution >= 0.6 is 27.3 Å². The number of rotatable bonds is 1. The van der Waals surface area contributed by atoms with Crippen molar-refractivity contribution in [2.75, 3.05) is 0 Å². The molecule has 2 nitrogen and oxygen atoms in total. The zero-order chi connectivity index (χ0) is 6.85. The molecule has 0 radical (unpaired) electrons. The second-order valence-corrected chi connectivity index (χ2v) is 3.69. The van der Waals surface area contributed by atoms with E-state index in [9.17, 15) is 0 Å². The lowest BCUT2D eigenvalue weighted by molar-refractivity contribution is 1.08. The van der Waals surface area contributed by atoms with Crippen LogP contribution in [0.4, 0.5) is 0 Å². The fourth-order valence-electron chi connectivity index (χ4n) is 0.570. The van der Waals surface area contributed by atoms with E-state index in [-0.39, 0.29) is 0 Å². The molecule has 0 aromatic carbocycles. The molecule has 0 spiro atoms. The van der Waals surface area contributed by atoms with Crippen LogP contribution in [0.15, 0.2) is 4.60 Å². The van der Waals surface area contributed by atoms with Crippen molar-refractivity contribution in [1.29, 1.82) is 0 Å². The maximum absolute atomic E-state index is 5.40. The number of hydrogen-bond acceptors (Lipinski definition) is 3. The van der Waals surface area contributed by atoms with Gasteiger partial charge in [0.05, 0.1) is 9.88 Å². The van der Waals surface area contributed by atoms with Crippen LogP contribution in [-0.4, -0.2) is 4.98 Å². The molecule has 0 atom stereocenters. The van der Waals surface area contributed by atoms with Crippen molar-refractivity contribution >= 4 is 27.3 Å². The normalized spacial score (nSPS) is 10.1. The average Bonchev–Trinajstić information content (AvgIpc) is 2.10. The van der Waals surface area contributed by atoms with Gasteiger partial charge in [-0.1, -0.05) is 0 Å². The second-order valence-electron chi connectivity index (χ2n) is 1.65. The highest BCUT2D eigenvalue weighted by atomic mass is 79.9. The van der Waals surface area contributed by atoms with Crippen molar-refractivity contribution in [3.8, 4) is 0 Å². The third kappa shape index (κ3) is 1.50. The highest BCUT2D eigenvalue weighted by Crippen LogP contribution is 2.21. The minimum Gasteiger partial charge on any atom is -0.326 e. The van der Waals surface area contributed by atoms with E-state index in [1.54, 1.807) is 11.3 Å². The number of hydrogen-bond donors (Lipinski definition) is 1. The van der Waals surface area contributed by atoms with Gasteiger partial charge in [-0.3, -0.25) is 0 Å². The van der Waals surface area contributed by atoms with Gasteiger partial charge in [0, 0.05) is 6.54 Å². The molecule has 0 fully saturated rings. The van der Waals surface area contributed by atoms with Gasteiger partial charge in [0.2, 0.25) is 0 Å². The Bertz CT molecular complexity index is 209. The molecule has 1 rings (SSSR count). The molecule has 0 aliphatic rings. The molecule has 50 valence electrons. The molecule has 0 unspecified atom stereocenters. The maximum atomic E-state index is 5.40. The molecule has 0 saturated heterocycles. The summed E-state index contributed by atoms with van der Waals surface area (Å²) < 4.78 is 0.896. The highest BCUT2D eigenvalue weighted by molar-refractivity contribution is 9.10. The molecule has 1 heterocycles. The maximum Gasteiger partial charge on any atom is 0.121 e. The SMILES string of the molecule is Cc1nc(Br)c(CN)s1. The monoisotopic (exact) mass is 206 g/mol. The van der Waals surface area contributed by atoms with Crippen LogP contribution in [0.5, 0.6) is 0 Å². The first-order valence-corrected chi connectivity index (χ1v) is 4.17. The predicted molar refractivity (Wildman–Crippen MR) is 42.4 cm³/mol. The molecular formula is C5H7BrN2S. The molecule has 0 aliphatic heterocycles. The Morgan fingerprint density at radius 2 is 2.44 bits per heavy atom. The molecule has 0 bridgehead atoms.